The molecular formula is C11H18ClN3. The van der Waals surface area contributed by atoms with Gasteiger partial charge in [-0.2, -0.15) is 0 Å². The summed E-state index contributed by atoms with van der Waals surface area (Å²) in [5, 5.41) is 0.718. The largest absolute Gasteiger partial charge is 0.321 e. The lowest BCUT2D eigenvalue weighted by atomic mass is 10.0. The van der Waals surface area contributed by atoms with Crippen molar-refractivity contribution in [2.24, 2.45) is 13.0 Å². The van der Waals surface area contributed by atoms with Crippen molar-refractivity contribution in [3.05, 3.63) is 17.2 Å². The average Bonchev–Trinajstić information content (AvgIpc) is 2.50. The van der Waals surface area contributed by atoms with E-state index in [-0.39, 0.29) is 0 Å². The average molecular weight is 228 g/mol. The van der Waals surface area contributed by atoms with Crippen LogP contribution < -0.4 is 0 Å². The molecule has 3 nitrogen and oxygen atoms in total. The molecule has 15 heavy (non-hydrogen) atoms. The van der Waals surface area contributed by atoms with E-state index in [0.717, 1.165) is 23.4 Å². The first kappa shape index (κ1) is 11.0. The highest BCUT2D eigenvalue weighted by Crippen LogP contribution is 2.18. The van der Waals surface area contributed by atoms with E-state index < -0.39 is 0 Å². The summed E-state index contributed by atoms with van der Waals surface area (Å²) in [7, 11) is 1.97. The zero-order valence-electron chi connectivity index (χ0n) is 9.41. The fraction of sp³-hybridized carbons (Fsp3) is 0.727. The third kappa shape index (κ3) is 2.52. The zero-order chi connectivity index (χ0) is 10.8. The lowest BCUT2D eigenvalue weighted by Gasteiger charge is -2.30. The summed E-state index contributed by atoms with van der Waals surface area (Å²) in [6.45, 7) is 5.62. The van der Waals surface area contributed by atoms with Crippen LogP contribution in [0.5, 0.6) is 0 Å². The molecule has 1 saturated heterocycles. The van der Waals surface area contributed by atoms with Gasteiger partial charge in [-0.05, 0) is 25.3 Å². The molecule has 1 aromatic heterocycles. The number of nitrogens with zero attached hydrogens (tertiary/aromatic N) is 3. The van der Waals surface area contributed by atoms with Gasteiger partial charge >= 0.3 is 0 Å². The highest BCUT2D eigenvalue weighted by atomic mass is 35.5. The van der Waals surface area contributed by atoms with Gasteiger partial charge in [-0.1, -0.05) is 18.5 Å². The third-order valence-corrected chi connectivity index (χ3v) is 3.48. The molecule has 0 aromatic carbocycles. The Morgan fingerprint density at radius 2 is 2.40 bits per heavy atom. The molecule has 1 aliphatic heterocycles. The van der Waals surface area contributed by atoms with Crippen molar-refractivity contribution in [3.8, 4) is 0 Å². The first-order valence-corrected chi connectivity index (χ1v) is 5.93. The fourth-order valence-corrected chi connectivity index (χ4v) is 2.35. The Balaban J connectivity index is 1.99. The number of hydrogen-bond donors (Lipinski definition) is 0. The lowest BCUT2D eigenvalue weighted by Crippen LogP contribution is -2.34. The second-order valence-electron chi connectivity index (χ2n) is 4.54. The zero-order valence-corrected chi connectivity index (χ0v) is 10.2. The molecule has 0 radical (unpaired) electrons. The van der Waals surface area contributed by atoms with E-state index >= 15 is 0 Å². The molecule has 0 amide bonds. The number of aromatic nitrogens is 2. The van der Waals surface area contributed by atoms with Crippen LogP contribution in [0.4, 0.5) is 0 Å². The minimum Gasteiger partial charge on any atom is -0.321 e. The van der Waals surface area contributed by atoms with Crippen LogP contribution in [0.1, 0.15) is 25.6 Å². The van der Waals surface area contributed by atoms with E-state index in [4.69, 9.17) is 11.6 Å². The quantitative estimate of drug-likeness (QED) is 0.773. The van der Waals surface area contributed by atoms with Crippen LogP contribution in [0.15, 0.2) is 6.20 Å². The van der Waals surface area contributed by atoms with Crippen molar-refractivity contribution >= 4 is 11.6 Å². The van der Waals surface area contributed by atoms with E-state index in [1.807, 2.05) is 11.6 Å². The Labute approximate surface area is 96.0 Å². The molecule has 2 rings (SSSR count). The number of piperidine rings is 1. The highest BCUT2D eigenvalue weighted by molar-refractivity contribution is 6.29. The smallest absolute Gasteiger partial charge is 0.128 e. The Bertz CT molecular complexity index is 335. The number of rotatable bonds is 2. The molecule has 0 saturated carbocycles. The first-order valence-electron chi connectivity index (χ1n) is 5.55. The molecule has 1 aliphatic rings. The lowest BCUT2D eigenvalue weighted by molar-refractivity contribution is 0.171. The molecule has 0 bridgehead atoms. The summed E-state index contributed by atoms with van der Waals surface area (Å²) >= 11 is 5.96. The second-order valence-corrected chi connectivity index (χ2v) is 4.93. The highest BCUT2D eigenvalue weighted by Gasteiger charge is 2.17. The van der Waals surface area contributed by atoms with E-state index in [9.17, 15) is 0 Å². The van der Waals surface area contributed by atoms with Crippen LogP contribution in [0.3, 0.4) is 0 Å². The van der Waals surface area contributed by atoms with E-state index in [1.54, 1.807) is 6.20 Å². The monoisotopic (exact) mass is 227 g/mol. The molecule has 2 heterocycles. The van der Waals surface area contributed by atoms with Crippen LogP contribution in [-0.4, -0.2) is 27.5 Å². The predicted molar refractivity (Wildman–Crippen MR) is 61.9 cm³/mol. The molecule has 4 heteroatoms. The normalized spacial score (nSPS) is 23.3. The maximum absolute atomic E-state index is 5.96. The molecule has 0 spiro atoms. The molecular weight excluding hydrogens is 210 g/mol. The minimum absolute atomic E-state index is 0.718. The fourth-order valence-electron chi connectivity index (χ4n) is 2.20. The van der Waals surface area contributed by atoms with E-state index in [0.29, 0.717) is 0 Å². The summed E-state index contributed by atoms with van der Waals surface area (Å²) in [5.74, 6) is 1.88. The Hall–Kier alpha value is -0.540. The second kappa shape index (κ2) is 4.54. The maximum Gasteiger partial charge on any atom is 0.128 e. The molecule has 1 atom stereocenters. The van der Waals surface area contributed by atoms with Gasteiger partial charge in [0.2, 0.25) is 0 Å². The minimum atomic E-state index is 0.718. The molecule has 84 valence electrons. The number of imidazole rings is 1. The maximum atomic E-state index is 5.96. The van der Waals surface area contributed by atoms with Crippen LogP contribution in [0.25, 0.3) is 0 Å². The molecule has 0 N–H and O–H groups in total. The van der Waals surface area contributed by atoms with E-state index in [2.05, 4.69) is 16.8 Å². The van der Waals surface area contributed by atoms with Gasteiger partial charge in [0.15, 0.2) is 0 Å². The van der Waals surface area contributed by atoms with Gasteiger partial charge in [0.05, 0.1) is 12.7 Å². The number of likely N-dealkylation sites (tertiary alicyclic amines) is 1. The Morgan fingerprint density at radius 1 is 1.60 bits per heavy atom. The summed E-state index contributed by atoms with van der Waals surface area (Å²) in [5.41, 5.74) is 0. The van der Waals surface area contributed by atoms with Gasteiger partial charge in [0.1, 0.15) is 11.0 Å². The first-order chi connectivity index (χ1) is 7.16. The molecule has 1 aromatic rings. The topological polar surface area (TPSA) is 21.1 Å². The van der Waals surface area contributed by atoms with Crippen molar-refractivity contribution in [1.82, 2.24) is 14.5 Å². The standard InChI is InChI=1S/C11H18ClN3/c1-9-4-3-5-15(7-9)8-11-13-6-10(12)14(11)2/h6,9H,3-5,7-8H2,1-2H3. The van der Waals surface area contributed by atoms with Crippen molar-refractivity contribution in [2.45, 2.75) is 26.3 Å². The summed E-state index contributed by atoms with van der Waals surface area (Å²) < 4.78 is 1.96. The summed E-state index contributed by atoms with van der Waals surface area (Å²) in [6, 6.07) is 0. The van der Waals surface area contributed by atoms with Gasteiger partial charge in [-0.3, -0.25) is 4.90 Å². The van der Waals surface area contributed by atoms with Crippen molar-refractivity contribution in [1.29, 1.82) is 0 Å². The van der Waals surface area contributed by atoms with Crippen molar-refractivity contribution < 1.29 is 0 Å². The van der Waals surface area contributed by atoms with Gasteiger partial charge < -0.3 is 4.57 Å². The third-order valence-electron chi connectivity index (χ3n) is 3.13. The van der Waals surface area contributed by atoms with Gasteiger partial charge in [-0.25, -0.2) is 4.98 Å². The SMILES string of the molecule is CC1CCCN(Cc2ncc(Cl)n2C)C1. The number of halogens is 1. The molecule has 0 aliphatic carbocycles. The van der Waals surface area contributed by atoms with Crippen molar-refractivity contribution in [3.63, 3.8) is 0 Å². The summed E-state index contributed by atoms with van der Waals surface area (Å²) in [6.07, 6.45) is 4.39. The van der Waals surface area contributed by atoms with Crippen LogP contribution in [0, 0.1) is 5.92 Å². The van der Waals surface area contributed by atoms with Gasteiger partial charge in [0.25, 0.3) is 0 Å². The predicted octanol–water partition coefficient (Wildman–Crippen LogP) is 2.31. The number of hydrogen-bond acceptors (Lipinski definition) is 2. The van der Waals surface area contributed by atoms with E-state index in [1.165, 1.54) is 25.9 Å². The molecule has 1 unspecified atom stereocenters. The van der Waals surface area contributed by atoms with Crippen LogP contribution >= 0.6 is 11.6 Å². The summed E-state index contributed by atoms with van der Waals surface area (Å²) in [4.78, 5) is 6.79. The Kier molecular flexibility index (Phi) is 3.32. The van der Waals surface area contributed by atoms with Gasteiger partial charge in [0, 0.05) is 13.6 Å². The van der Waals surface area contributed by atoms with Crippen molar-refractivity contribution in [2.75, 3.05) is 13.1 Å². The van der Waals surface area contributed by atoms with Crippen LogP contribution in [0.2, 0.25) is 5.15 Å². The Morgan fingerprint density at radius 3 is 3.00 bits per heavy atom. The van der Waals surface area contributed by atoms with Crippen LogP contribution in [-0.2, 0) is 13.6 Å². The van der Waals surface area contributed by atoms with Gasteiger partial charge in [-0.15, -0.1) is 0 Å². The molecule has 1 fully saturated rings.